The maximum Gasteiger partial charge on any atom is 0.239 e. The van der Waals surface area contributed by atoms with Crippen LogP contribution in [0.15, 0.2) is 35.2 Å². The van der Waals surface area contributed by atoms with E-state index in [0.29, 0.717) is 32.5 Å². The molecule has 0 bridgehead atoms. The Morgan fingerprint density at radius 3 is 3.10 bits per heavy atom. The van der Waals surface area contributed by atoms with Crippen molar-refractivity contribution < 1.29 is 14.0 Å². The highest BCUT2D eigenvalue weighted by atomic mass is 16.3. The Morgan fingerprint density at radius 1 is 1.45 bits per heavy atom. The molecule has 9 nitrogen and oxygen atoms in total. The van der Waals surface area contributed by atoms with E-state index < -0.39 is 0 Å². The minimum atomic E-state index is -0.192. The van der Waals surface area contributed by atoms with E-state index in [-0.39, 0.29) is 29.9 Å². The zero-order chi connectivity index (χ0) is 20.2. The minimum Gasteiger partial charge on any atom is -0.467 e. The van der Waals surface area contributed by atoms with Crippen molar-refractivity contribution in [3.63, 3.8) is 0 Å². The van der Waals surface area contributed by atoms with E-state index >= 15 is 0 Å². The highest BCUT2D eigenvalue weighted by Crippen LogP contribution is 2.28. The molecule has 0 aromatic carbocycles. The van der Waals surface area contributed by atoms with Crippen molar-refractivity contribution in [2.75, 3.05) is 20.1 Å². The maximum atomic E-state index is 12.8. The molecule has 2 aliphatic heterocycles. The lowest BCUT2D eigenvalue weighted by molar-refractivity contribution is -0.126. The van der Waals surface area contributed by atoms with E-state index in [1.54, 1.807) is 24.7 Å². The van der Waals surface area contributed by atoms with E-state index in [9.17, 15) is 9.59 Å². The van der Waals surface area contributed by atoms with Gasteiger partial charge in [-0.15, -0.1) is 0 Å². The number of carbonyl (C=O) groups is 2. The lowest BCUT2D eigenvalue weighted by Gasteiger charge is -2.32. The van der Waals surface area contributed by atoms with Crippen LogP contribution in [0.1, 0.15) is 30.8 Å². The van der Waals surface area contributed by atoms with Crippen LogP contribution in [0.25, 0.3) is 0 Å². The second kappa shape index (κ2) is 8.79. The molecule has 3 N–H and O–H groups in total. The van der Waals surface area contributed by atoms with Gasteiger partial charge in [0.1, 0.15) is 17.6 Å². The Bertz CT molecular complexity index is 806. The molecule has 0 aliphatic carbocycles. The fourth-order valence-electron chi connectivity index (χ4n) is 4.39. The lowest BCUT2D eigenvalue weighted by atomic mass is 10.0. The van der Waals surface area contributed by atoms with Crippen LogP contribution in [-0.4, -0.2) is 69.8 Å². The molecule has 2 saturated heterocycles. The number of hydrogen-bond acceptors (Lipinski definition) is 6. The summed E-state index contributed by atoms with van der Waals surface area (Å²) in [5.74, 6) is 1.67. The molecule has 2 aliphatic rings. The van der Waals surface area contributed by atoms with Crippen molar-refractivity contribution >= 4 is 11.8 Å². The van der Waals surface area contributed by atoms with Crippen LogP contribution in [-0.2, 0) is 22.7 Å². The zero-order valence-corrected chi connectivity index (χ0v) is 16.6. The minimum absolute atomic E-state index is 0.00667. The highest BCUT2D eigenvalue weighted by Gasteiger charge is 2.45. The number of imidazole rings is 1. The van der Waals surface area contributed by atoms with Gasteiger partial charge in [-0.2, -0.15) is 0 Å². The molecule has 2 amide bonds. The van der Waals surface area contributed by atoms with Crippen LogP contribution < -0.4 is 10.6 Å². The number of aromatic amines is 1. The summed E-state index contributed by atoms with van der Waals surface area (Å²) < 4.78 is 5.24. The number of likely N-dealkylation sites (N-methyl/N-ethyl adjacent to an activating group) is 1. The van der Waals surface area contributed by atoms with Gasteiger partial charge in [-0.3, -0.25) is 19.4 Å². The number of furan rings is 1. The Kier molecular flexibility index (Phi) is 5.96. The Balaban J connectivity index is 1.32. The Hall–Kier alpha value is -2.65. The molecule has 9 heteroatoms. The maximum absolute atomic E-state index is 12.8. The van der Waals surface area contributed by atoms with Crippen LogP contribution in [0.5, 0.6) is 0 Å². The first kappa shape index (κ1) is 19.7. The summed E-state index contributed by atoms with van der Waals surface area (Å²) in [6, 6.07) is 3.72. The molecule has 29 heavy (non-hydrogen) atoms. The van der Waals surface area contributed by atoms with Crippen molar-refractivity contribution in [2.24, 2.45) is 0 Å². The smallest absolute Gasteiger partial charge is 0.239 e. The number of carbonyl (C=O) groups excluding carboxylic acids is 2. The second-order valence-corrected chi connectivity index (χ2v) is 7.77. The van der Waals surface area contributed by atoms with Gasteiger partial charge >= 0.3 is 0 Å². The van der Waals surface area contributed by atoms with E-state index in [2.05, 4.69) is 37.4 Å². The molecule has 156 valence electrons. The van der Waals surface area contributed by atoms with Gasteiger partial charge < -0.3 is 20.0 Å². The fourth-order valence-corrected chi connectivity index (χ4v) is 4.39. The molecular weight excluding hydrogens is 372 g/mol. The number of amides is 2. The van der Waals surface area contributed by atoms with Crippen LogP contribution in [0.2, 0.25) is 0 Å². The largest absolute Gasteiger partial charge is 0.467 e. The van der Waals surface area contributed by atoms with Crippen molar-refractivity contribution in [2.45, 2.75) is 50.5 Å². The molecule has 0 radical (unpaired) electrons. The normalized spacial score (nSPS) is 25.4. The van der Waals surface area contributed by atoms with Gasteiger partial charge in [-0.05, 0) is 32.0 Å². The third-order valence-corrected chi connectivity index (χ3v) is 6.00. The molecule has 4 heterocycles. The van der Waals surface area contributed by atoms with Gasteiger partial charge in [-0.25, -0.2) is 4.98 Å². The second-order valence-electron chi connectivity index (χ2n) is 7.77. The quantitative estimate of drug-likeness (QED) is 0.624. The third kappa shape index (κ3) is 4.51. The molecule has 4 rings (SSSR count). The number of aromatic nitrogens is 2. The molecule has 3 atom stereocenters. The summed E-state index contributed by atoms with van der Waals surface area (Å²) in [5, 5.41) is 5.97. The standard InChI is InChI=1S/C20H28N6O3/c1-25-14(4-5-18(27)23-12-15-3-2-10-29-15)11-24-20(28)19-16(25)6-9-26(19)13-17-21-7-8-22-17/h2-3,7-8,10,14,16,19H,4-6,9,11-13H2,1H3,(H,21,22)(H,23,27)(H,24,28). The lowest BCUT2D eigenvalue weighted by Crippen LogP contribution is -2.49. The van der Waals surface area contributed by atoms with Gasteiger partial charge in [-0.1, -0.05) is 0 Å². The van der Waals surface area contributed by atoms with E-state index in [1.807, 2.05) is 6.07 Å². The molecule has 0 saturated carbocycles. The fraction of sp³-hybridized carbons (Fsp3) is 0.550. The summed E-state index contributed by atoms with van der Waals surface area (Å²) >= 11 is 0. The van der Waals surface area contributed by atoms with Crippen LogP contribution >= 0.6 is 0 Å². The number of hydrogen-bond donors (Lipinski definition) is 3. The van der Waals surface area contributed by atoms with Gasteiger partial charge in [0.05, 0.1) is 19.4 Å². The molecule has 2 aromatic heterocycles. The van der Waals surface area contributed by atoms with Gasteiger partial charge in [0, 0.05) is 44.0 Å². The molecule has 0 spiro atoms. The van der Waals surface area contributed by atoms with Crippen LogP contribution in [0, 0.1) is 0 Å². The average Bonchev–Trinajstić information content (AvgIpc) is 3.47. The number of fused-ring (bicyclic) bond motifs is 1. The highest BCUT2D eigenvalue weighted by molar-refractivity contribution is 5.83. The van der Waals surface area contributed by atoms with Crippen molar-refractivity contribution in [1.29, 1.82) is 0 Å². The summed E-state index contributed by atoms with van der Waals surface area (Å²) in [7, 11) is 2.07. The number of H-pyrrole nitrogens is 1. The first-order chi connectivity index (χ1) is 14.1. The van der Waals surface area contributed by atoms with Crippen molar-refractivity contribution in [3.05, 3.63) is 42.4 Å². The summed E-state index contributed by atoms with van der Waals surface area (Å²) in [6.45, 7) is 2.44. The molecule has 2 aromatic rings. The Labute approximate surface area is 169 Å². The van der Waals surface area contributed by atoms with E-state index in [0.717, 1.165) is 24.6 Å². The predicted molar refractivity (Wildman–Crippen MR) is 106 cm³/mol. The average molecular weight is 400 g/mol. The summed E-state index contributed by atoms with van der Waals surface area (Å²) in [6.07, 6.45) is 7.17. The van der Waals surface area contributed by atoms with Gasteiger partial charge in [0.15, 0.2) is 0 Å². The monoisotopic (exact) mass is 400 g/mol. The number of rotatable bonds is 7. The molecular formula is C20H28N6O3. The molecule has 2 fully saturated rings. The van der Waals surface area contributed by atoms with E-state index in [1.165, 1.54) is 0 Å². The van der Waals surface area contributed by atoms with Crippen molar-refractivity contribution in [1.82, 2.24) is 30.4 Å². The van der Waals surface area contributed by atoms with Crippen molar-refractivity contribution in [3.8, 4) is 0 Å². The van der Waals surface area contributed by atoms with E-state index in [4.69, 9.17) is 4.42 Å². The van der Waals surface area contributed by atoms with Gasteiger partial charge in [0.2, 0.25) is 11.8 Å². The summed E-state index contributed by atoms with van der Waals surface area (Å²) in [5.41, 5.74) is 0. The predicted octanol–water partition coefficient (Wildman–Crippen LogP) is 0.472. The zero-order valence-electron chi connectivity index (χ0n) is 16.6. The van der Waals surface area contributed by atoms with Gasteiger partial charge in [0.25, 0.3) is 0 Å². The first-order valence-corrected chi connectivity index (χ1v) is 10.1. The topological polar surface area (TPSA) is 106 Å². The third-order valence-electron chi connectivity index (χ3n) is 6.00. The van der Waals surface area contributed by atoms with Crippen LogP contribution in [0.3, 0.4) is 0 Å². The number of nitrogens with zero attached hydrogens (tertiary/aromatic N) is 3. The summed E-state index contributed by atoms with van der Waals surface area (Å²) in [4.78, 5) is 36.9. The number of likely N-dealkylation sites (tertiary alicyclic amines) is 1. The molecule has 3 unspecified atom stereocenters. The Morgan fingerprint density at radius 2 is 2.34 bits per heavy atom. The number of nitrogens with one attached hydrogen (secondary N) is 3. The first-order valence-electron chi connectivity index (χ1n) is 10.1. The SMILES string of the molecule is CN1C(CCC(=O)NCc2ccco2)CNC(=O)C2C1CCN2Cc1ncc[nH]1. The van der Waals surface area contributed by atoms with Crippen LogP contribution in [0.4, 0.5) is 0 Å².